The Balaban J connectivity index is 1.52. The average molecular weight is 564 g/mol. The molecule has 2 unspecified atom stereocenters. The standard InChI is InChI=1S/C24H30FN7O6S/c1-35-16-10-17(14-31(13-16)23-26-11-15(25)12-27-23)39(33,34)30-24-29-28-22(20-8-5-9-38-20)32(24)21-18(36-2)6-4-7-19(21)37-3/h4,6-7,11-12,16-17,20H,5,8-10,13-14H2,1-3H3,(H,29,30)/t16?,17?,20-/m1/s1. The molecule has 15 heteroatoms. The molecule has 1 N–H and O–H groups in total. The number of aromatic nitrogens is 5. The van der Waals surface area contributed by atoms with Gasteiger partial charge in [0.05, 0.1) is 32.7 Å². The van der Waals surface area contributed by atoms with Crippen molar-refractivity contribution in [2.75, 3.05) is 50.6 Å². The minimum absolute atomic E-state index is 0.0348. The van der Waals surface area contributed by atoms with Crippen molar-refractivity contribution < 1.29 is 31.8 Å². The number of nitrogens with one attached hydrogen (secondary N) is 1. The van der Waals surface area contributed by atoms with Crippen molar-refractivity contribution in [1.29, 1.82) is 0 Å². The van der Waals surface area contributed by atoms with Gasteiger partial charge in [-0.25, -0.2) is 22.8 Å². The number of methoxy groups -OCH3 is 3. The van der Waals surface area contributed by atoms with E-state index in [9.17, 15) is 12.8 Å². The summed E-state index contributed by atoms with van der Waals surface area (Å²) in [6.45, 7) is 0.973. The van der Waals surface area contributed by atoms with E-state index in [0.717, 1.165) is 18.8 Å². The summed E-state index contributed by atoms with van der Waals surface area (Å²) in [7, 11) is 0.476. The fraction of sp³-hybridized carbons (Fsp3) is 0.500. The third-order valence-electron chi connectivity index (χ3n) is 6.80. The zero-order valence-corrected chi connectivity index (χ0v) is 22.6. The Morgan fingerprint density at radius 3 is 2.41 bits per heavy atom. The number of benzene rings is 1. The summed E-state index contributed by atoms with van der Waals surface area (Å²) in [6.07, 6.45) is 3.02. The molecule has 2 fully saturated rings. The summed E-state index contributed by atoms with van der Waals surface area (Å²) >= 11 is 0. The SMILES string of the molecule is COc1cccc(OC)c1-n1c(NS(=O)(=O)C2CC(OC)CN(c3ncc(F)cn3)C2)nnc1[C@H]1CCCO1. The summed E-state index contributed by atoms with van der Waals surface area (Å²) in [6, 6.07) is 5.24. The number of para-hydroxylation sites is 1. The highest BCUT2D eigenvalue weighted by Gasteiger charge is 2.38. The predicted molar refractivity (Wildman–Crippen MR) is 138 cm³/mol. The van der Waals surface area contributed by atoms with Gasteiger partial charge in [-0.3, -0.25) is 9.29 Å². The lowest BCUT2D eigenvalue weighted by Gasteiger charge is -2.36. The number of halogens is 1. The smallest absolute Gasteiger partial charge is 0.243 e. The lowest BCUT2D eigenvalue weighted by atomic mass is 10.1. The lowest BCUT2D eigenvalue weighted by molar-refractivity contribution is 0.0898. The first-order valence-electron chi connectivity index (χ1n) is 12.4. The Morgan fingerprint density at radius 1 is 1.08 bits per heavy atom. The number of piperidine rings is 1. The molecule has 0 bridgehead atoms. The van der Waals surface area contributed by atoms with Gasteiger partial charge in [-0.2, -0.15) is 0 Å². The minimum atomic E-state index is -4.06. The van der Waals surface area contributed by atoms with Gasteiger partial charge in [0.25, 0.3) is 0 Å². The third-order valence-corrected chi connectivity index (χ3v) is 8.49. The lowest BCUT2D eigenvalue weighted by Crippen LogP contribution is -2.51. The zero-order chi connectivity index (χ0) is 27.6. The highest BCUT2D eigenvalue weighted by Crippen LogP contribution is 2.39. The van der Waals surface area contributed by atoms with Crippen LogP contribution in [0.5, 0.6) is 11.5 Å². The van der Waals surface area contributed by atoms with Crippen molar-refractivity contribution in [3.8, 4) is 17.2 Å². The van der Waals surface area contributed by atoms with E-state index < -0.39 is 27.2 Å². The molecular weight excluding hydrogens is 533 g/mol. The molecule has 2 saturated heterocycles. The van der Waals surface area contributed by atoms with Crippen molar-refractivity contribution in [2.24, 2.45) is 0 Å². The molecule has 0 saturated carbocycles. The fourth-order valence-corrected chi connectivity index (χ4v) is 6.27. The van der Waals surface area contributed by atoms with Crippen molar-refractivity contribution in [3.63, 3.8) is 0 Å². The van der Waals surface area contributed by atoms with Crippen molar-refractivity contribution >= 4 is 21.9 Å². The summed E-state index contributed by atoms with van der Waals surface area (Å²) < 4.78 is 67.8. The van der Waals surface area contributed by atoms with E-state index in [-0.39, 0.29) is 31.0 Å². The number of rotatable bonds is 9. The first-order chi connectivity index (χ1) is 18.8. The molecule has 2 aromatic heterocycles. The molecule has 1 aromatic carbocycles. The number of hydrogen-bond acceptors (Lipinski definition) is 11. The van der Waals surface area contributed by atoms with Gasteiger partial charge in [-0.1, -0.05) is 6.07 Å². The van der Waals surface area contributed by atoms with Crippen LogP contribution in [-0.2, 0) is 19.5 Å². The Hall–Kier alpha value is -3.56. The van der Waals surface area contributed by atoms with E-state index in [1.807, 2.05) is 0 Å². The third kappa shape index (κ3) is 5.46. The first kappa shape index (κ1) is 27.0. The van der Waals surface area contributed by atoms with Crippen molar-refractivity contribution in [1.82, 2.24) is 24.7 Å². The predicted octanol–water partition coefficient (Wildman–Crippen LogP) is 2.10. The second-order valence-corrected chi connectivity index (χ2v) is 11.2. The highest BCUT2D eigenvalue weighted by molar-refractivity contribution is 7.93. The van der Waals surface area contributed by atoms with E-state index in [4.69, 9.17) is 18.9 Å². The summed E-state index contributed by atoms with van der Waals surface area (Å²) in [5.74, 6) is 0.885. The van der Waals surface area contributed by atoms with E-state index in [2.05, 4.69) is 24.9 Å². The molecule has 4 heterocycles. The molecule has 3 atom stereocenters. The molecule has 2 aliphatic heterocycles. The largest absolute Gasteiger partial charge is 0.494 e. The van der Waals surface area contributed by atoms with Crippen LogP contribution in [0.25, 0.3) is 5.69 Å². The van der Waals surface area contributed by atoms with Crippen LogP contribution in [0.2, 0.25) is 0 Å². The second kappa shape index (κ2) is 11.3. The van der Waals surface area contributed by atoms with Gasteiger partial charge in [-0.15, -0.1) is 10.2 Å². The number of sulfonamides is 1. The van der Waals surface area contributed by atoms with Gasteiger partial charge in [0.2, 0.25) is 21.9 Å². The molecule has 2 aliphatic rings. The average Bonchev–Trinajstić information content (AvgIpc) is 3.62. The van der Waals surface area contributed by atoms with Crippen LogP contribution in [0, 0.1) is 5.82 Å². The maximum Gasteiger partial charge on any atom is 0.243 e. The molecule has 210 valence electrons. The molecule has 3 aromatic rings. The van der Waals surface area contributed by atoms with Gasteiger partial charge in [0.15, 0.2) is 11.6 Å². The van der Waals surface area contributed by atoms with Gasteiger partial charge < -0.3 is 23.8 Å². The Morgan fingerprint density at radius 2 is 1.79 bits per heavy atom. The van der Waals surface area contributed by atoms with Crippen molar-refractivity contribution in [3.05, 3.63) is 42.2 Å². The molecule has 0 aliphatic carbocycles. The molecule has 0 spiro atoms. The topological polar surface area (TPSA) is 143 Å². The Bertz CT molecular complexity index is 1380. The van der Waals surface area contributed by atoms with Gasteiger partial charge in [0.1, 0.15) is 28.5 Å². The van der Waals surface area contributed by atoms with Crippen molar-refractivity contribution in [2.45, 2.75) is 36.7 Å². The second-order valence-electron chi connectivity index (χ2n) is 9.20. The van der Waals surface area contributed by atoms with Gasteiger partial charge in [0, 0.05) is 26.8 Å². The van der Waals surface area contributed by atoms with Crippen LogP contribution in [0.4, 0.5) is 16.3 Å². The summed E-state index contributed by atoms with van der Waals surface area (Å²) in [5, 5.41) is 7.60. The van der Waals surface area contributed by atoms with Crippen LogP contribution in [0.1, 0.15) is 31.2 Å². The maximum atomic E-state index is 13.8. The van der Waals surface area contributed by atoms with E-state index in [1.165, 1.54) is 21.3 Å². The van der Waals surface area contributed by atoms with E-state index in [0.29, 0.717) is 42.6 Å². The molecule has 39 heavy (non-hydrogen) atoms. The highest BCUT2D eigenvalue weighted by atomic mass is 32.2. The molecule has 13 nitrogen and oxygen atoms in total. The van der Waals surface area contributed by atoms with Gasteiger partial charge in [-0.05, 0) is 31.4 Å². The molecule has 0 amide bonds. The fourth-order valence-electron chi connectivity index (χ4n) is 4.87. The number of anilines is 2. The van der Waals surface area contributed by atoms with Crippen LogP contribution in [-0.4, -0.2) is 85.5 Å². The summed E-state index contributed by atoms with van der Waals surface area (Å²) in [5.41, 5.74) is 0.440. The van der Waals surface area contributed by atoms with E-state index >= 15 is 0 Å². The van der Waals surface area contributed by atoms with Crippen LogP contribution in [0.15, 0.2) is 30.6 Å². The molecule has 0 radical (unpaired) electrons. The van der Waals surface area contributed by atoms with Crippen LogP contribution < -0.4 is 19.1 Å². The Labute approximate surface area is 225 Å². The Kier molecular flexibility index (Phi) is 7.81. The van der Waals surface area contributed by atoms with E-state index in [1.54, 1.807) is 27.7 Å². The monoisotopic (exact) mass is 563 g/mol. The number of ether oxygens (including phenoxy) is 4. The van der Waals surface area contributed by atoms with Crippen LogP contribution in [0.3, 0.4) is 0 Å². The molecule has 5 rings (SSSR count). The first-order valence-corrected chi connectivity index (χ1v) is 13.9. The quantitative estimate of drug-likeness (QED) is 0.409. The van der Waals surface area contributed by atoms with Gasteiger partial charge >= 0.3 is 0 Å². The normalized spacial score (nSPS) is 21.6. The number of hydrogen-bond donors (Lipinski definition) is 1. The zero-order valence-electron chi connectivity index (χ0n) is 21.8. The molecular formula is C24H30FN7O6S. The maximum absolute atomic E-state index is 13.8. The number of nitrogens with zero attached hydrogens (tertiary/aromatic N) is 6. The minimum Gasteiger partial charge on any atom is -0.494 e. The summed E-state index contributed by atoms with van der Waals surface area (Å²) in [4.78, 5) is 9.68. The van der Waals surface area contributed by atoms with Crippen LogP contribution >= 0.6 is 0 Å².